The molecule has 4 rings (SSSR count). The van der Waals surface area contributed by atoms with Crippen LogP contribution in [-0.2, 0) is 9.59 Å². The van der Waals surface area contributed by atoms with Crippen LogP contribution in [0.3, 0.4) is 0 Å². The van der Waals surface area contributed by atoms with Gasteiger partial charge < -0.3 is 5.11 Å². The smallest absolute Gasteiger partial charge is 0.258 e. The van der Waals surface area contributed by atoms with E-state index in [-0.39, 0.29) is 26.8 Å². The molecule has 2 aromatic rings. The van der Waals surface area contributed by atoms with Crippen molar-refractivity contribution in [3.8, 4) is 5.75 Å². The quantitative estimate of drug-likeness (QED) is 0.175. The Kier molecular flexibility index (Phi) is 5.74. The minimum atomic E-state index is -2.52. The largest absolute Gasteiger partial charge is 0.508 e. The van der Waals surface area contributed by atoms with Gasteiger partial charge in [-0.05, 0) is 29.7 Å². The van der Waals surface area contributed by atoms with Crippen LogP contribution < -0.4 is 4.90 Å². The molecule has 0 radical (unpaired) electrons. The fourth-order valence-electron chi connectivity index (χ4n) is 4.29. The number of carbonyl (C=O) groups is 2. The van der Waals surface area contributed by atoms with Crippen molar-refractivity contribution in [2.75, 3.05) is 4.90 Å². The molecule has 0 saturated carbocycles. The van der Waals surface area contributed by atoms with E-state index in [1.807, 2.05) is 0 Å². The normalized spacial score (nSPS) is 26.5. The lowest BCUT2D eigenvalue weighted by atomic mass is 9.68. The van der Waals surface area contributed by atoms with E-state index in [4.69, 9.17) is 34.8 Å². The van der Waals surface area contributed by atoms with Gasteiger partial charge in [-0.3, -0.25) is 9.59 Å². The molecule has 1 saturated heterocycles. The van der Waals surface area contributed by atoms with Crippen LogP contribution in [0.2, 0.25) is 5.02 Å². The average Bonchev–Trinajstić information content (AvgIpc) is 2.94. The van der Waals surface area contributed by atoms with Crippen LogP contribution in [0.5, 0.6) is 5.75 Å². The number of nitrogens with zero attached hydrogens (tertiary/aromatic N) is 1. The van der Waals surface area contributed by atoms with E-state index in [0.717, 1.165) is 6.07 Å². The van der Waals surface area contributed by atoms with Crippen LogP contribution in [-0.4, -0.2) is 26.7 Å². The number of anilines is 1. The number of alkyl halides is 2. The maximum atomic E-state index is 14.6. The fourth-order valence-corrected chi connectivity index (χ4v) is 5.41. The molecule has 3 atom stereocenters. The topological polar surface area (TPSA) is 57.6 Å². The number of aromatic hydroxyl groups is 1. The van der Waals surface area contributed by atoms with E-state index in [0.29, 0.717) is 0 Å². The van der Waals surface area contributed by atoms with Gasteiger partial charge in [-0.25, -0.2) is 26.9 Å². The zero-order chi connectivity index (χ0) is 25.3. The predicted octanol–water partition coefficient (Wildman–Crippen LogP) is 5.87. The van der Waals surface area contributed by atoms with E-state index in [2.05, 4.69) is 6.58 Å². The summed E-state index contributed by atoms with van der Waals surface area (Å²) in [6.07, 6.45) is 2.23. The number of imide groups is 1. The summed E-state index contributed by atoms with van der Waals surface area (Å²) in [5.41, 5.74) is -1.46. The second kappa shape index (κ2) is 7.96. The summed E-state index contributed by atoms with van der Waals surface area (Å²) in [5, 5.41) is 9.59. The number of rotatable bonds is 3. The molecule has 178 valence electrons. The number of phenols is 1. The summed E-state index contributed by atoms with van der Waals surface area (Å²) in [7, 11) is 0. The van der Waals surface area contributed by atoms with Crippen LogP contribution >= 0.6 is 34.8 Å². The number of hydrogen-bond acceptors (Lipinski definition) is 3. The monoisotopic (exact) mass is 537 g/mol. The molecule has 0 bridgehead atoms. The lowest BCUT2D eigenvalue weighted by Gasteiger charge is -2.42. The highest BCUT2D eigenvalue weighted by molar-refractivity contribution is 6.58. The van der Waals surface area contributed by atoms with Gasteiger partial charge in [-0.2, -0.15) is 0 Å². The maximum Gasteiger partial charge on any atom is 0.258 e. The van der Waals surface area contributed by atoms with Gasteiger partial charge in [0.15, 0.2) is 33.0 Å². The number of amides is 2. The van der Waals surface area contributed by atoms with Crippen molar-refractivity contribution in [1.29, 1.82) is 0 Å². The third kappa shape index (κ3) is 2.96. The van der Waals surface area contributed by atoms with Crippen molar-refractivity contribution in [3.05, 3.63) is 82.2 Å². The SMILES string of the molecule is C=CC1=CCC2(Cl)C(=O)N(c3c(F)c(F)c(F)c(F)c3F)C(=O)C2(Cl)C1c1ccc(O)cc1Cl. The van der Waals surface area contributed by atoms with Crippen molar-refractivity contribution in [2.45, 2.75) is 22.1 Å². The summed E-state index contributed by atoms with van der Waals surface area (Å²) in [4.78, 5) is 21.7. The predicted molar refractivity (Wildman–Crippen MR) is 115 cm³/mol. The van der Waals surface area contributed by atoms with Gasteiger partial charge in [0.25, 0.3) is 11.8 Å². The van der Waals surface area contributed by atoms with E-state index in [9.17, 15) is 36.6 Å². The Morgan fingerprint density at radius 2 is 1.56 bits per heavy atom. The summed E-state index contributed by atoms with van der Waals surface area (Å²) in [6.45, 7) is 3.62. The Balaban J connectivity index is 2.01. The highest BCUT2D eigenvalue weighted by Crippen LogP contribution is 2.60. The van der Waals surface area contributed by atoms with E-state index >= 15 is 0 Å². The number of halogens is 8. The molecule has 1 fully saturated rings. The molecule has 1 aliphatic heterocycles. The molecule has 12 heteroatoms. The van der Waals surface area contributed by atoms with Crippen molar-refractivity contribution in [3.63, 3.8) is 0 Å². The molecule has 0 spiro atoms. The Hall–Kier alpha value is -2.62. The Bertz CT molecular complexity index is 1300. The number of benzene rings is 2. The van der Waals surface area contributed by atoms with Crippen LogP contribution in [0, 0.1) is 29.1 Å². The van der Waals surface area contributed by atoms with Gasteiger partial charge in [0.1, 0.15) is 11.4 Å². The molecular formula is C22H11Cl3F5NO3. The number of hydrogen-bond donors (Lipinski definition) is 1. The second-order valence-corrected chi connectivity index (χ2v) is 9.28. The standard InChI is InChI=1S/C22H11Cl3F5NO3/c1-2-8-5-6-21(24)19(33)31(18-16(29)14(27)13(26)15(28)17(18)30)20(34)22(21,25)12(8)10-4-3-9(32)7-11(10)23/h2-5,7,12,32H,1,6H2. The minimum absolute atomic E-state index is 0.0887. The minimum Gasteiger partial charge on any atom is -0.508 e. The van der Waals surface area contributed by atoms with E-state index in [1.165, 1.54) is 24.3 Å². The molecule has 2 aromatic carbocycles. The number of fused-ring (bicyclic) bond motifs is 1. The number of phenolic OH excluding ortho intramolecular Hbond substituents is 1. The van der Waals surface area contributed by atoms with Gasteiger partial charge in [0.2, 0.25) is 5.82 Å². The van der Waals surface area contributed by atoms with Gasteiger partial charge in [0.05, 0.1) is 0 Å². The first kappa shape index (κ1) is 24.5. The van der Waals surface area contributed by atoms with E-state index < -0.39 is 68.7 Å². The zero-order valence-corrected chi connectivity index (χ0v) is 18.9. The molecule has 3 unspecified atom stereocenters. The molecule has 4 nitrogen and oxygen atoms in total. The first-order valence-electron chi connectivity index (χ1n) is 9.42. The summed E-state index contributed by atoms with van der Waals surface area (Å²) < 4.78 is 70.5. The molecule has 0 aromatic heterocycles. The van der Waals surface area contributed by atoms with Gasteiger partial charge in [-0.15, -0.1) is 23.2 Å². The molecule has 2 amide bonds. The molecule has 34 heavy (non-hydrogen) atoms. The highest BCUT2D eigenvalue weighted by atomic mass is 35.5. The second-order valence-electron chi connectivity index (χ2n) is 7.63. The van der Waals surface area contributed by atoms with Crippen LogP contribution in [0.4, 0.5) is 27.6 Å². The Morgan fingerprint density at radius 3 is 2.09 bits per heavy atom. The van der Waals surface area contributed by atoms with Crippen LogP contribution in [0.25, 0.3) is 0 Å². The van der Waals surface area contributed by atoms with Crippen molar-refractivity contribution >= 4 is 52.3 Å². The number of carbonyl (C=O) groups excluding carboxylic acids is 2. The Morgan fingerprint density at radius 1 is 1.00 bits per heavy atom. The van der Waals surface area contributed by atoms with Crippen LogP contribution in [0.1, 0.15) is 17.9 Å². The molecule has 1 N–H and O–H groups in total. The lowest BCUT2D eigenvalue weighted by Crippen LogP contribution is -2.55. The van der Waals surface area contributed by atoms with Crippen LogP contribution in [0.15, 0.2) is 42.5 Å². The molecule has 1 aliphatic carbocycles. The van der Waals surface area contributed by atoms with Gasteiger partial charge >= 0.3 is 0 Å². The molecule has 1 heterocycles. The van der Waals surface area contributed by atoms with Gasteiger partial charge in [-0.1, -0.05) is 36.4 Å². The zero-order valence-electron chi connectivity index (χ0n) is 16.6. The molecule has 2 aliphatic rings. The summed E-state index contributed by atoms with van der Waals surface area (Å²) in [5.74, 6) is -16.6. The Labute approximate surface area is 203 Å². The number of allylic oxidation sites excluding steroid dienone is 3. The van der Waals surface area contributed by atoms with Crippen molar-refractivity contribution < 1.29 is 36.6 Å². The third-order valence-electron chi connectivity index (χ3n) is 5.92. The highest BCUT2D eigenvalue weighted by Gasteiger charge is 2.73. The third-order valence-corrected chi connectivity index (χ3v) is 7.66. The molecular weight excluding hydrogens is 528 g/mol. The van der Waals surface area contributed by atoms with Crippen molar-refractivity contribution in [1.82, 2.24) is 0 Å². The average molecular weight is 539 g/mol. The lowest BCUT2D eigenvalue weighted by molar-refractivity contribution is -0.122. The van der Waals surface area contributed by atoms with Gasteiger partial charge in [0, 0.05) is 10.9 Å². The fraction of sp³-hybridized carbons (Fsp3) is 0.182. The first-order valence-corrected chi connectivity index (χ1v) is 10.5. The summed E-state index contributed by atoms with van der Waals surface area (Å²) >= 11 is 19.5. The first-order chi connectivity index (χ1) is 15.8. The summed E-state index contributed by atoms with van der Waals surface area (Å²) in [6, 6.07) is 3.60. The maximum absolute atomic E-state index is 14.6. The van der Waals surface area contributed by atoms with E-state index in [1.54, 1.807) is 0 Å². The van der Waals surface area contributed by atoms with Crippen molar-refractivity contribution in [2.24, 2.45) is 0 Å².